The third-order valence-corrected chi connectivity index (χ3v) is 5.54. The van der Waals surface area contributed by atoms with Crippen molar-refractivity contribution in [3.63, 3.8) is 0 Å². The highest BCUT2D eigenvalue weighted by molar-refractivity contribution is 6.23. The number of amides is 2. The number of benzene rings is 1. The van der Waals surface area contributed by atoms with Crippen molar-refractivity contribution >= 4 is 23.5 Å². The number of nitrogens with zero attached hydrogens (tertiary/aromatic N) is 1. The highest BCUT2D eigenvalue weighted by Crippen LogP contribution is 2.45. The molecule has 2 heterocycles. The minimum Gasteiger partial charge on any atom is -0.497 e. The minimum absolute atomic E-state index is 0.101. The normalized spacial score (nSPS) is 25.8. The van der Waals surface area contributed by atoms with Gasteiger partial charge in [-0.2, -0.15) is 0 Å². The molecule has 3 rings (SSSR count). The van der Waals surface area contributed by atoms with Crippen molar-refractivity contribution in [1.82, 2.24) is 5.32 Å². The molecular weight excluding hydrogens is 440 g/mol. The predicted octanol–water partition coefficient (Wildman–Crippen LogP) is 2.17. The summed E-state index contributed by atoms with van der Waals surface area (Å²) >= 11 is 0. The first-order valence-electron chi connectivity index (χ1n) is 11.1. The Morgan fingerprint density at radius 3 is 2.41 bits per heavy atom. The summed E-state index contributed by atoms with van der Waals surface area (Å²) in [6.07, 6.45) is 4.53. The Morgan fingerprint density at radius 2 is 1.91 bits per heavy atom. The number of ether oxygens (including phenoxy) is 4. The molecule has 9 heteroatoms. The molecule has 1 N–H and O–H groups in total. The van der Waals surface area contributed by atoms with Gasteiger partial charge in [0.15, 0.2) is 5.79 Å². The summed E-state index contributed by atoms with van der Waals surface area (Å²) in [5.74, 6) is -0.101. The zero-order valence-corrected chi connectivity index (χ0v) is 20.5. The number of nitrogens with one attached hydrogen (secondary N) is 1. The van der Waals surface area contributed by atoms with Crippen LogP contribution < -0.4 is 15.0 Å². The van der Waals surface area contributed by atoms with Gasteiger partial charge in [0.1, 0.15) is 17.9 Å². The number of hydrogen-bond donors (Lipinski definition) is 1. The summed E-state index contributed by atoms with van der Waals surface area (Å²) in [5, 5.41) is 2.80. The van der Waals surface area contributed by atoms with E-state index >= 15 is 0 Å². The number of carbonyl (C=O) groups excluding carboxylic acids is 3. The monoisotopic (exact) mass is 472 g/mol. The van der Waals surface area contributed by atoms with Gasteiger partial charge in [-0.15, -0.1) is 12.3 Å². The van der Waals surface area contributed by atoms with Gasteiger partial charge in [-0.05, 0) is 58.9 Å². The maximum absolute atomic E-state index is 13.7. The molecule has 9 nitrogen and oxygen atoms in total. The zero-order chi connectivity index (χ0) is 25.3. The highest BCUT2D eigenvalue weighted by Gasteiger charge is 2.73. The number of methoxy groups -OCH3 is 1. The van der Waals surface area contributed by atoms with E-state index in [2.05, 4.69) is 11.2 Å². The number of esters is 1. The van der Waals surface area contributed by atoms with Crippen LogP contribution in [0.25, 0.3) is 0 Å². The fraction of sp³-hybridized carbons (Fsp3) is 0.560. The van der Waals surface area contributed by atoms with Gasteiger partial charge in [0.2, 0.25) is 0 Å². The molecule has 2 aliphatic rings. The molecule has 0 unspecified atom stereocenters. The molecule has 0 saturated carbocycles. The lowest BCUT2D eigenvalue weighted by molar-refractivity contribution is -0.196. The van der Waals surface area contributed by atoms with Crippen LogP contribution in [0.4, 0.5) is 5.69 Å². The molecule has 0 bridgehead atoms. The van der Waals surface area contributed by atoms with Crippen molar-refractivity contribution in [3.8, 4) is 18.1 Å². The Balaban J connectivity index is 2.07. The zero-order valence-electron chi connectivity index (χ0n) is 20.5. The number of terminal acetylenes is 1. The average molecular weight is 473 g/mol. The summed E-state index contributed by atoms with van der Waals surface area (Å²) in [4.78, 5) is 41.4. The van der Waals surface area contributed by atoms with Crippen molar-refractivity contribution < 1.29 is 33.3 Å². The standard InChI is InChI=1S/C25H32N2O7/c1-8-9-10-19(28)34-25(21(29)26-23(2,3)4)20(18-15-32-24(5,6)33-18)27(22(25)30)16-11-13-17(31-7)14-12-16/h1,11-14,18,20H,9-10,15H2,2-7H3,(H,26,29)/t18-,20+,25+/m1/s1. The van der Waals surface area contributed by atoms with E-state index in [9.17, 15) is 14.4 Å². The maximum Gasteiger partial charge on any atom is 0.308 e. The summed E-state index contributed by atoms with van der Waals surface area (Å²) < 4.78 is 22.7. The summed E-state index contributed by atoms with van der Waals surface area (Å²) in [7, 11) is 1.54. The van der Waals surface area contributed by atoms with Crippen molar-refractivity contribution in [2.75, 3.05) is 18.6 Å². The van der Waals surface area contributed by atoms with Crippen LogP contribution in [0.1, 0.15) is 47.5 Å². The Labute approximate surface area is 200 Å². The van der Waals surface area contributed by atoms with Gasteiger partial charge in [0, 0.05) is 17.6 Å². The van der Waals surface area contributed by atoms with Crippen molar-refractivity contribution in [2.24, 2.45) is 0 Å². The Morgan fingerprint density at radius 1 is 1.26 bits per heavy atom. The van der Waals surface area contributed by atoms with Crippen LogP contribution in [-0.2, 0) is 28.6 Å². The summed E-state index contributed by atoms with van der Waals surface area (Å²) in [6, 6.07) is 5.81. The second-order valence-corrected chi connectivity index (χ2v) is 9.80. The van der Waals surface area contributed by atoms with E-state index in [1.54, 1.807) is 58.9 Å². The van der Waals surface area contributed by atoms with Gasteiger partial charge in [0.05, 0.1) is 20.1 Å². The van der Waals surface area contributed by atoms with Gasteiger partial charge in [-0.3, -0.25) is 19.3 Å². The maximum atomic E-state index is 13.7. The second-order valence-electron chi connectivity index (χ2n) is 9.80. The van der Waals surface area contributed by atoms with Crippen molar-refractivity contribution in [3.05, 3.63) is 24.3 Å². The van der Waals surface area contributed by atoms with Crippen LogP contribution >= 0.6 is 0 Å². The highest BCUT2D eigenvalue weighted by atomic mass is 16.7. The summed E-state index contributed by atoms with van der Waals surface area (Å²) in [6.45, 7) is 8.90. The molecule has 2 aliphatic heterocycles. The molecule has 0 aromatic heterocycles. The fourth-order valence-electron chi connectivity index (χ4n) is 4.09. The van der Waals surface area contributed by atoms with E-state index in [0.717, 1.165) is 0 Å². The fourth-order valence-corrected chi connectivity index (χ4v) is 4.09. The Hall–Kier alpha value is -3.09. The van der Waals surface area contributed by atoms with E-state index < -0.39 is 46.9 Å². The second kappa shape index (κ2) is 9.28. The van der Waals surface area contributed by atoms with E-state index in [-0.39, 0.29) is 19.4 Å². The molecule has 2 fully saturated rings. The molecule has 3 atom stereocenters. The minimum atomic E-state index is -2.13. The number of rotatable bonds is 7. The van der Waals surface area contributed by atoms with E-state index in [1.165, 1.54) is 12.0 Å². The van der Waals surface area contributed by atoms with Crippen LogP contribution in [0.5, 0.6) is 5.75 Å². The molecule has 1 aromatic rings. The third-order valence-electron chi connectivity index (χ3n) is 5.54. The molecule has 2 amide bonds. The van der Waals surface area contributed by atoms with E-state index in [4.69, 9.17) is 25.4 Å². The van der Waals surface area contributed by atoms with Gasteiger partial charge in [-0.25, -0.2) is 0 Å². The smallest absolute Gasteiger partial charge is 0.308 e. The topological polar surface area (TPSA) is 103 Å². The molecule has 0 radical (unpaired) electrons. The number of carbonyl (C=O) groups is 3. The van der Waals surface area contributed by atoms with E-state index in [1.807, 2.05) is 0 Å². The first-order valence-corrected chi connectivity index (χ1v) is 11.1. The quantitative estimate of drug-likeness (QED) is 0.281. The Kier molecular flexibility index (Phi) is 6.97. The molecule has 1 aromatic carbocycles. The van der Waals surface area contributed by atoms with Gasteiger partial charge >= 0.3 is 5.97 Å². The molecule has 2 saturated heterocycles. The number of β-lactam (4-membered cyclic amide) rings is 1. The SMILES string of the molecule is C#CCCC(=O)O[C@@]1(C(=O)NC(C)(C)C)C(=O)N(c2ccc(OC)cc2)[C@H]1[C@H]1COC(C)(C)O1. The first kappa shape index (κ1) is 25.5. The lowest BCUT2D eigenvalue weighted by atomic mass is 9.76. The average Bonchev–Trinajstić information content (AvgIpc) is 3.11. The molecule has 0 spiro atoms. The van der Waals surface area contributed by atoms with Crippen molar-refractivity contribution in [1.29, 1.82) is 0 Å². The molecular formula is C25H32N2O7. The molecule has 0 aliphatic carbocycles. The van der Waals surface area contributed by atoms with Gasteiger partial charge < -0.3 is 24.3 Å². The number of anilines is 1. The number of hydrogen-bond acceptors (Lipinski definition) is 7. The van der Waals surface area contributed by atoms with Crippen LogP contribution in [0, 0.1) is 12.3 Å². The van der Waals surface area contributed by atoms with Gasteiger partial charge in [-0.1, -0.05) is 0 Å². The van der Waals surface area contributed by atoms with Crippen LogP contribution in [-0.4, -0.2) is 60.6 Å². The van der Waals surface area contributed by atoms with Crippen LogP contribution in [0.2, 0.25) is 0 Å². The first-order chi connectivity index (χ1) is 15.8. The van der Waals surface area contributed by atoms with Crippen molar-refractivity contribution in [2.45, 2.75) is 76.5 Å². The van der Waals surface area contributed by atoms with Gasteiger partial charge in [0.25, 0.3) is 17.4 Å². The van der Waals surface area contributed by atoms with Crippen LogP contribution in [0.3, 0.4) is 0 Å². The summed E-state index contributed by atoms with van der Waals surface area (Å²) in [5.41, 5.74) is -2.32. The molecule has 34 heavy (non-hydrogen) atoms. The third kappa shape index (κ3) is 4.88. The molecule has 184 valence electrons. The largest absolute Gasteiger partial charge is 0.497 e. The lowest BCUT2D eigenvalue weighted by Crippen LogP contribution is -2.84. The lowest BCUT2D eigenvalue weighted by Gasteiger charge is -2.55. The van der Waals surface area contributed by atoms with E-state index in [0.29, 0.717) is 11.4 Å². The predicted molar refractivity (Wildman–Crippen MR) is 124 cm³/mol. The van der Waals surface area contributed by atoms with Crippen LogP contribution in [0.15, 0.2) is 24.3 Å². The Bertz CT molecular complexity index is 990.